The lowest BCUT2D eigenvalue weighted by atomic mass is 10.1. The van der Waals surface area contributed by atoms with Crippen LogP contribution in [-0.2, 0) is 11.3 Å². The van der Waals surface area contributed by atoms with E-state index >= 15 is 0 Å². The SMILES string of the molecule is COCCN(C)Cc1cccc2c1OCCN2. The van der Waals surface area contributed by atoms with Crippen LogP contribution in [-0.4, -0.2) is 45.4 Å². The van der Waals surface area contributed by atoms with Crippen LogP contribution in [0.1, 0.15) is 5.56 Å². The number of methoxy groups -OCH3 is 1. The van der Waals surface area contributed by atoms with E-state index in [1.165, 1.54) is 5.56 Å². The van der Waals surface area contributed by atoms with Crippen molar-refractivity contribution in [1.82, 2.24) is 4.90 Å². The number of benzene rings is 1. The van der Waals surface area contributed by atoms with Crippen molar-refractivity contribution in [3.8, 4) is 5.75 Å². The molecule has 0 amide bonds. The van der Waals surface area contributed by atoms with Crippen molar-refractivity contribution in [2.75, 3.05) is 45.8 Å². The van der Waals surface area contributed by atoms with Gasteiger partial charge in [0.2, 0.25) is 0 Å². The molecule has 17 heavy (non-hydrogen) atoms. The van der Waals surface area contributed by atoms with Gasteiger partial charge in [0.1, 0.15) is 12.4 Å². The van der Waals surface area contributed by atoms with Gasteiger partial charge in [-0.15, -0.1) is 0 Å². The summed E-state index contributed by atoms with van der Waals surface area (Å²) in [6.45, 7) is 4.19. The second-order valence-electron chi connectivity index (χ2n) is 4.30. The van der Waals surface area contributed by atoms with Crippen LogP contribution in [0.3, 0.4) is 0 Å². The molecule has 1 aliphatic heterocycles. The first kappa shape index (κ1) is 12.2. The Bertz CT molecular complexity index is 368. The standard InChI is InChI=1S/C13H20N2O2/c1-15(7-9-16-2)10-11-4-3-5-12-13(11)17-8-6-14-12/h3-5,14H,6-10H2,1-2H3. The predicted molar refractivity (Wildman–Crippen MR) is 68.6 cm³/mol. The van der Waals surface area contributed by atoms with Crippen LogP contribution in [0.25, 0.3) is 0 Å². The third-order valence-corrected chi connectivity index (χ3v) is 2.88. The number of nitrogens with zero attached hydrogens (tertiary/aromatic N) is 1. The van der Waals surface area contributed by atoms with Crippen LogP contribution in [0.15, 0.2) is 18.2 Å². The zero-order valence-corrected chi connectivity index (χ0v) is 10.5. The van der Waals surface area contributed by atoms with Crippen molar-refractivity contribution in [1.29, 1.82) is 0 Å². The van der Waals surface area contributed by atoms with E-state index in [0.29, 0.717) is 0 Å². The van der Waals surface area contributed by atoms with Crippen molar-refractivity contribution in [3.05, 3.63) is 23.8 Å². The van der Waals surface area contributed by atoms with Crippen molar-refractivity contribution < 1.29 is 9.47 Å². The Morgan fingerprint density at radius 1 is 1.47 bits per heavy atom. The molecule has 4 nitrogen and oxygen atoms in total. The number of rotatable bonds is 5. The number of anilines is 1. The number of nitrogens with one attached hydrogen (secondary N) is 1. The van der Waals surface area contributed by atoms with Gasteiger partial charge in [-0.25, -0.2) is 0 Å². The fraction of sp³-hybridized carbons (Fsp3) is 0.538. The Morgan fingerprint density at radius 3 is 3.18 bits per heavy atom. The van der Waals surface area contributed by atoms with Crippen LogP contribution < -0.4 is 10.1 Å². The maximum absolute atomic E-state index is 5.74. The maximum atomic E-state index is 5.74. The third-order valence-electron chi connectivity index (χ3n) is 2.88. The molecule has 0 spiro atoms. The van der Waals surface area contributed by atoms with Gasteiger partial charge in [-0.1, -0.05) is 12.1 Å². The molecule has 1 N–H and O–H groups in total. The first-order valence-corrected chi connectivity index (χ1v) is 5.97. The largest absolute Gasteiger partial charge is 0.489 e. The van der Waals surface area contributed by atoms with Gasteiger partial charge >= 0.3 is 0 Å². The molecule has 1 aromatic carbocycles. The number of hydrogen-bond donors (Lipinski definition) is 1. The maximum Gasteiger partial charge on any atom is 0.146 e. The van der Waals surface area contributed by atoms with Crippen LogP contribution in [0.2, 0.25) is 0 Å². The second-order valence-corrected chi connectivity index (χ2v) is 4.30. The first-order valence-electron chi connectivity index (χ1n) is 5.97. The van der Waals surface area contributed by atoms with Crippen molar-refractivity contribution >= 4 is 5.69 Å². The summed E-state index contributed by atoms with van der Waals surface area (Å²) in [7, 11) is 3.82. The quantitative estimate of drug-likeness (QED) is 0.841. The Balaban J connectivity index is 2.05. The molecule has 0 saturated carbocycles. The smallest absolute Gasteiger partial charge is 0.146 e. The Hall–Kier alpha value is -1.26. The van der Waals surface area contributed by atoms with E-state index in [1.54, 1.807) is 7.11 Å². The molecular formula is C13H20N2O2. The van der Waals surface area contributed by atoms with Gasteiger partial charge in [0.05, 0.1) is 12.3 Å². The molecule has 1 aliphatic rings. The zero-order valence-electron chi connectivity index (χ0n) is 10.5. The van der Waals surface area contributed by atoms with Gasteiger partial charge in [0, 0.05) is 32.3 Å². The van der Waals surface area contributed by atoms with Gasteiger partial charge in [-0.3, -0.25) is 4.90 Å². The highest BCUT2D eigenvalue weighted by atomic mass is 16.5. The zero-order chi connectivity index (χ0) is 12.1. The van der Waals surface area contributed by atoms with E-state index in [2.05, 4.69) is 35.5 Å². The van der Waals surface area contributed by atoms with Crippen LogP contribution >= 0.6 is 0 Å². The molecule has 1 aromatic rings. The number of likely N-dealkylation sites (N-methyl/N-ethyl adjacent to an activating group) is 1. The van der Waals surface area contributed by atoms with Crippen LogP contribution in [0.5, 0.6) is 5.75 Å². The molecule has 2 rings (SSSR count). The summed E-state index contributed by atoms with van der Waals surface area (Å²) in [5.41, 5.74) is 2.34. The highest BCUT2D eigenvalue weighted by Crippen LogP contribution is 2.31. The van der Waals surface area contributed by atoms with Gasteiger partial charge in [0.25, 0.3) is 0 Å². The molecule has 0 bridgehead atoms. The molecule has 0 fully saturated rings. The fourth-order valence-electron chi connectivity index (χ4n) is 1.97. The monoisotopic (exact) mass is 236 g/mol. The second kappa shape index (κ2) is 5.89. The first-order chi connectivity index (χ1) is 8.31. The Labute approximate surface area is 103 Å². The van der Waals surface area contributed by atoms with E-state index in [0.717, 1.165) is 44.3 Å². The van der Waals surface area contributed by atoms with Gasteiger partial charge in [-0.05, 0) is 13.1 Å². The average Bonchev–Trinajstić information content (AvgIpc) is 2.37. The van der Waals surface area contributed by atoms with E-state index in [-0.39, 0.29) is 0 Å². The van der Waals surface area contributed by atoms with Crippen LogP contribution in [0.4, 0.5) is 5.69 Å². The summed E-state index contributed by atoms with van der Waals surface area (Å²) in [5, 5.41) is 3.35. The van der Waals surface area contributed by atoms with Crippen molar-refractivity contribution in [2.24, 2.45) is 0 Å². The fourth-order valence-corrected chi connectivity index (χ4v) is 1.97. The summed E-state index contributed by atoms with van der Waals surface area (Å²) in [4.78, 5) is 2.23. The highest BCUT2D eigenvalue weighted by Gasteiger charge is 2.14. The lowest BCUT2D eigenvalue weighted by Crippen LogP contribution is -2.24. The molecule has 1 heterocycles. The lowest BCUT2D eigenvalue weighted by molar-refractivity contribution is 0.158. The minimum atomic E-state index is 0.742. The van der Waals surface area contributed by atoms with E-state index in [9.17, 15) is 0 Å². The molecule has 4 heteroatoms. The summed E-state index contributed by atoms with van der Waals surface area (Å²) in [6, 6.07) is 6.25. The normalized spacial score (nSPS) is 14.1. The van der Waals surface area contributed by atoms with Gasteiger partial charge in [-0.2, -0.15) is 0 Å². The van der Waals surface area contributed by atoms with Crippen LogP contribution in [0, 0.1) is 0 Å². The Kier molecular flexibility index (Phi) is 4.23. The molecule has 0 atom stereocenters. The van der Waals surface area contributed by atoms with Crippen molar-refractivity contribution in [3.63, 3.8) is 0 Å². The molecular weight excluding hydrogens is 216 g/mol. The third kappa shape index (κ3) is 3.11. The lowest BCUT2D eigenvalue weighted by Gasteiger charge is -2.24. The number of para-hydroxylation sites is 1. The van der Waals surface area contributed by atoms with E-state index in [1.807, 2.05) is 0 Å². The number of hydrogen-bond acceptors (Lipinski definition) is 4. The van der Waals surface area contributed by atoms with E-state index < -0.39 is 0 Å². The molecule has 0 radical (unpaired) electrons. The molecule has 0 aromatic heterocycles. The number of fused-ring (bicyclic) bond motifs is 1. The summed E-state index contributed by atoms with van der Waals surface area (Å²) < 4.78 is 10.8. The molecule has 0 unspecified atom stereocenters. The summed E-state index contributed by atoms with van der Waals surface area (Å²) in [5.74, 6) is 1.00. The average molecular weight is 236 g/mol. The molecule has 94 valence electrons. The van der Waals surface area contributed by atoms with E-state index in [4.69, 9.17) is 9.47 Å². The van der Waals surface area contributed by atoms with Gasteiger partial charge in [0.15, 0.2) is 0 Å². The molecule has 0 aliphatic carbocycles. The minimum Gasteiger partial charge on any atom is -0.489 e. The summed E-state index contributed by atoms with van der Waals surface area (Å²) >= 11 is 0. The molecule has 0 saturated heterocycles. The highest BCUT2D eigenvalue weighted by molar-refractivity contribution is 5.61. The number of ether oxygens (including phenoxy) is 2. The predicted octanol–water partition coefficient (Wildman–Crippen LogP) is 1.57. The minimum absolute atomic E-state index is 0.742. The Morgan fingerprint density at radius 2 is 2.35 bits per heavy atom. The topological polar surface area (TPSA) is 33.7 Å². The summed E-state index contributed by atoms with van der Waals surface area (Å²) in [6.07, 6.45) is 0. The van der Waals surface area contributed by atoms with Gasteiger partial charge < -0.3 is 14.8 Å². The van der Waals surface area contributed by atoms with Crippen molar-refractivity contribution in [2.45, 2.75) is 6.54 Å².